The molecule has 0 spiro atoms. The van der Waals surface area contributed by atoms with Crippen molar-refractivity contribution in [3.05, 3.63) is 78.5 Å². The van der Waals surface area contributed by atoms with Crippen LogP contribution in [0.5, 0.6) is 0 Å². The fraction of sp³-hybridized carbons (Fsp3) is 0.158. The third-order valence-corrected chi connectivity index (χ3v) is 3.84. The summed E-state index contributed by atoms with van der Waals surface area (Å²) in [6.45, 7) is 0.691. The Morgan fingerprint density at radius 2 is 2.08 bits per heavy atom. The molecule has 0 amide bonds. The molecule has 0 atom stereocenters. The zero-order valence-corrected chi connectivity index (χ0v) is 13.6. The number of pyridine rings is 1. The minimum atomic E-state index is 0.640. The van der Waals surface area contributed by atoms with Gasteiger partial charge in [0.25, 0.3) is 0 Å². The summed E-state index contributed by atoms with van der Waals surface area (Å²) < 4.78 is 7.13. The van der Waals surface area contributed by atoms with Crippen molar-refractivity contribution in [1.29, 1.82) is 0 Å². The summed E-state index contributed by atoms with van der Waals surface area (Å²) in [6.07, 6.45) is 13.1. The zero-order chi connectivity index (χ0) is 16.9. The minimum absolute atomic E-state index is 0.640. The van der Waals surface area contributed by atoms with Gasteiger partial charge in [0.1, 0.15) is 5.69 Å². The first-order valence-electron chi connectivity index (χ1n) is 8.17. The lowest BCUT2D eigenvalue weighted by Gasteiger charge is -2.03. The normalized spacial score (nSPS) is 15.8. The van der Waals surface area contributed by atoms with Gasteiger partial charge in [-0.25, -0.2) is 0 Å². The maximum atomic E-state index is 5.34. The van der Waals surface area contributed by atoms with E-state index in [1.807, 2.05) is 42.5 Å². The molecule has 0 bridgehead atoms. The highest BCUT2D eigenvalue weighted by Gasteiger charge is 2.10. The Morgan fingerprint density at radius 1 is 1.08 bits per heavy atom. The van der Waals surface area contributed by atoms with Crippen molar-refractivity contribution in [3.8, 4) is 11.4 Å². The van der Waals surface area contributed by atoms with Crippen molar-refractivity contribution in [2.45, 2.75) is 12.8 Å². The molecule has 25 heavy (non-hydrogen) atoms. The van der Waals surface area contributed by atoms with E-state index in [-0.39, 0.29) is 0 Å². The minimum Gasteiger partial charge on any atom is -0.501 e. The van der Waals surface area contributed by atoms with E-state index in [2.05, 4.69) is 32.4 Å². The molecule has 0 unspecified atom stereocenters. The summed E-state index contributed by atoms with van der Waals surface area (Å²) in [7, 11) is 0. The Bertz CT molecular complexity index is 956. The van der Waals surface area contributed by atoms with E-state index in [9.17, 15) is 0 Å². The van der Waals surface area contributed by atoms with Crippen molar-refractivity contribution in [2.24, 2.45) is 0 Å². The molecule has 0 N–H and O–H groups in total. The van der Waals surface area contributed by atoms with E-state index in [0.29, 0.717) is 13.0 Å². The number of rotatable bonds is 3. The van der Waals surface area contributed by atoms with Crippen LogP contribution in [0.3, 0.4) is 0 Å². The molecule has 6 heteroatoms. The van der Waals surface area contributed by atoms with Gasteiger partial charge in [-0.3, -0.25) is 4.98 Å². The van der Waals surface area contributed by atoms with Gasteiger partial charge in [-0.2, -0.15) is 9.61 Å². The van der Waals surface area contributed by atoms with Crippen molar-refractivity contribution in [1.82, 2.24) is 24.8 Å². The number of hydrogen-bond acceptors (Lipinski definition) is 5. The van der Waals surface area contributed by atoms with Crippen LogP contribution in [0.4, 0.5) is 0 Å². The van der Waals surface area contributed by atoms with E-state index in [4.69, 9.17) is 4.74 Å². The molecule has 124 valence electrons. The predicted molar refractivity (Wildman–Crippen MR) is 94.6 cm³/mol. The number of allylic oxidation sites excluding steroid dienone is 4. The van der Waals surface area contributed by atoms with Gasteiger partial charge in [0.05, 0.1) is 18.6 Å². The van der Waals surface area contributed by atoms with Gasteiger partial charge in [-0.05, 0) is 42.3 Å². The average molecular weight is 331 g/mol. The van der Waals surface area contributed by atoms with Gasteiger partial charge in [-0.15, -0.1) is 10.2 Å². The van der Waals surface area contributed by atoms with Crippen LogP contribution in [0.2, 0.25) is 0 Å². The van der Waals surface area contributed by atoms with Crippen molar-refractivity contribution < 1.29 is 4.74 Å². The summed E-state index contributed by atoms with van der Waals surface area (Å²) in [5.41, 5.74) is 3.47. The Morgan fingerprint density at radius 3 is 3.00 bits per heavy atom. The smallest absolute Gasteiger partial charge is 0.177 e. The molecule has 0 aromatic carbocycles. The third kappa shape index (κ3) is 3.47. The molecular formula is C19H17N5O. The van der Waals surface area contributed by atoms with Crippen LogP contribution < -0.4 is 0 Å². The Hall–Kier alpha value is -3.28. The highest BCUT2D eigenvalue weighted by atomic mass is 16.5. The van der Waals surface area contributed by atoms with Crippen LogP contribution >= 0.6 is 0 Å². The number of ether oxygens (including phenoxy) is 1. The molecule has 6 nitrogen and oxygen atoms in total. The molecular weight excluding hydrogens is 314 g/mol. The lowest BCUT2D eigenvalue weighted by molar-refractivity contribution is 0.256. The first-order valence-corrected chi connectivity index (χ1v) is 8.17. The van der Waals surface area contributed by atoms with Crippen molar-refractivity contribution >= 4 is 5.65 Å². The zero-order valence-electron chi connectivity index (χ0n) is 13.6. The molecule has 3 aromatic rings. The monoisotopic (exact) mass is 331 g/mol. The van der Waals surface area contributed by atoms with Gasteiger partial charge >= 0.3 is 0 Å². The average Bonchev–Trinajstić information content (AvgIpc) is 3.11. The topological polar surface area (TPSA) is 65.2 Å². The first-order chi connectivity index (χ1) is 12.4. The quantitative estimate of drug-likeness (QED) is 0.737. The lowest BCUT2D eigenvalue weighted by atomic mass is 10.1. The molecule has 0 radical (unpaired) electrons. The SMILES string of the molecule is C1=COCC/C=C/C(Cc2nnc3ccc(-c4ccccn4)nn23)=C1. The van der Waals surface area contributed by atoms with E-state index in [1.54, 1.807) is 17.0 Å². The van der Waals surface area contributed by atoms with Gasteiger partial charge in [0.2, 0.25) is 0 Å². The second-order valence-electron chi connectivity index (χ2n) is 5.63. The molecule has 0 saturated carbocycles. The second-order valence-corrected chi connectivity index (χ2v) is 5.63. The Balaban J connectivity index is 1.69. The van der Waals surface area contributed by atoms with Gasteiger partial charge in [0.15, 0.2) is 11.5 Å². The summed E-state index contributed by atoms with van der Waals surface area (Å²) >= 11 is 0. The van der Waals surface area contributed by atoms with Crippen LogP contribution in [0.15, 0.2) is 72.7 Å². The number of fused-ring (bicyclic) bond motifs is 1. The van der Waals surface area contributed by atoms with Crippen molar-refractivity contribution in [2.75, 3.05) is 6.61 Å². The molecule has 0 fully saturated rings. The highest BCUT2D eigenvalue weighted by molar-refractivity contribution is 5.55. The van der Waals surface area contributed by atoms with Crippen LogP contribution in [0.1, 0.15) is 12.2 Å². The maximum absolute atomic E-state index is 5.34. The fourth-order valence-corrected chi connectivity index (χ4v) is 2.61. The predicted octanol–water partition coefficient (Wildman–Crippen LogP) is 3.15. The lowest BCUT2D eigenvalue weighted by Crippen LogP contribution is -2.02. The number of aromatic nitrogens is 5. The second kappa shape index (κ2) is 7.09. The Kier molecular flexibility index (Phi) is 4.33. The third-order valence-electron chi connectivity index (χ3n) is 3.84. The fourth-order valence-electron chi connectivity index (χ4n) is 2.61. The molecule has 4 rings (SSSR count). The summed E-state index contributed by atoms with van der Waals surface area (Å²) in [5.74, 6) is 0.789. The number of hydrogen-bond donors (Lipinski definition) is 0. The van der Waals surface area contributed by atoms with E-state index >= 15 is 0 Å². The molecule has 0 aliphatic carbocycles. The molecule has 0 saturated heterocycles. The van der Waals surface area contributed by atoms with Crippen LogP contribution in [0.25, 0.3) is 17.0 Å². The standard InChI is InChI=1S/C19H17N5O/c1-3-11-20-16(8-1)17-9-10-18-21-22-19(24(18)23-17)14-15-6-2-4-12-25-13-5-7-15/h1-3,5-11,13H,4,12,14H2/b6-2+,13-5?,15-7?. The highest BCUT2D eigenvalue weighted by Crippen LogP contribution is 2.16. The van der Waals surface area contributed by atoms with E-state index < -0.39 is 0 Å². The van der Waals surface area contributed by atoms with Crippen LogP contribution in [-0.4, -0.2) is 31.4 Å². The van der Waals surface area contributed by atoms with Gasteiger partial charge in [0, 0.05) is 12.6 Å². The van der Waals surface area contributed by atoms with E-state index in [0.717, 1.165) is 34.9 Å². The molecule has 4 heterocycles. The molecule has 1 aliphatic heterocycles. The number of nitrogens with zero attached hydrogens (tertiary/aromatic N) is 5. The van der Waals surface area contributed by atoms with Crippen molar-refractivity contribution in [3.63, 3.8) is 0 Å². The first kappa shape index (κ1) is 15.3. The van der Waals surface area contributed by atoms with Crippen LogP contribution in [-0.2, 0) is 11.2 Å². The largest absolute Gasteiger partial charge is 0.501 e. The van der Waals surface area contributed by atoms with Gasteiger partial charge in [-0.1, -0.05) is 24.3 Å². The molecule has 1 aliphatic rings. The summed E-state index contributed by atoms with van der Waals surface area (Å²) in [4.78, 5) is 4.36. The van der Waals surface area contributed by atoms with Crippen LogP contribution in [0, 0.1) is 0 Å². The maximum Gasteiger partial charge on any atom is 0.177 e. The Labute approximate surface area is 145 Å². The summed E-state index contributed by atoms with van der Waals surface area (Å²) in [5, 5.41) is 13.2. The van der Waals surface area contributed by atoms with Gasteiger partial charge < -0.3 is 4.74 Å². The molecule has 3 aromatic heterocycles. The van der Waals surface area contributed by atoms with E-state index in [1.165, 1.54) is 0 Å². The summed E-state index contributed by atoms with van der Waals surface area (Å²) in [6, 6.07) is 9.60.